The molecule has 0 radical (unpaired) electrons. The smallest absolute Gasteiger partial charge is 0.226 e. The molecule has 0 aromatic heterocycles. The molecule has 1 aliphatic carbocycles. The van der Waals surface area contributed by atoms with Gasteiger partial charge in [0, 0.05) is 12.4 Å². The van der Waals surface area contributed by atoms with Crippen LogP contribution in [0.4, 0.5) is 0 Å². The van der Waals surface area contributed by atoms with Gasteiger partial charge in [-0.1, -0.05) is 19.8 Å². The van der Waals surface area contributed by atoms with Crippen LogP contribution in [0.3, 0.4) is 0 Å². The van der Waals surface area contributed by atoms with Crippen molar-refractivity contribution < 1.29 is 4.79 Å². The monoisotopic (exact) mass is 231 g/mol. The van der Waals surface area contributed by atoms with E-state index in [4.69, 9.17) is 11.6 Å². The van der Waals surface area contributed by atoms with Gasteiger partial charge in [0.15, 0.2) is 0 Å². The third-order valence-electron chi connectivity index (χ3n) is 3.51. The van der Waals surface area contributed by atoms with E-state index < -0.39 is 5.41 Å². The van der Waals surface area contributed by atoms with E-state index >= 15 is 0 Å². The molecule has 0 spiro atoms. The van der Waals surface area contributed by atoms with Crippen molar-refractivity contribution in [3.8, 4) is 0 Å². The van der Waals surface area contributed by atoms with E-state index in [9.17, 15) is 4.79 Å². The van der Waals surface area contributed by atoms with Gasteiger partial charge in [-0.2, -0.15) is 0 Å². The molecule has 0 aromatic carbocycles. The van der Waals surface area contributed by atoms with E-state index in [0.717, 1.165) is 12.5 Å². The Hall–Kier alpha value is -0.240. The summed E-state index contributed by atoms with van der Waals surface area (Å²) in [5, 5.41) is 3.02. The minimum absolute atomic E-state index is 0.0802. The van der Waals surface area contributed by atoms with Crippen LogP contribution in [-0.4, -0.2) is 18.3 Å². The molecule has 1 rings (SSSR count). The standard InChI is InChI=1S/C12H22ClNO/c1-9-5-4-6-10(9)7-14-11(15)12(2,3)8-13/h9-10H,4-8H2,1-3H3,(H,14,15). The van der Waals surface area contributed by atoms with Crippen LogP contribution in [-0.2, 0) is 4.79 Å². The number of carbonyl (C=O) groups excluding carboxylic acids is 1. The van der Waals surface area contributed by atoms with E-state index in [1.807, 2.05) is 13.8 Å². The molecule has 0 bridgehead atoms. The zero-order valence-electron chi connectivity index (χ0n) is 9.98. The lowest BCUT2D eigenvalue weighted by atomic mass is 9.93. The quantitative estimate of drug-likeness (QED) is 0.741. The molecular weight excluding hydrogens is 210 g/mol. The van der Waals surface area contributed by atoms with Crippen molar-refractivity contribution in [2.45, 2.75) is 40.0 Å². The van der Waals surface area contributed by atoms with Crippen LogP contribution in [0.2, 0.25) is 0 Å². The Morgan fingerprint density at radius 2 is 2.13 bits per heavy atom. The number of amides is 1. The van der Waals surface area contributed by atoms with Crippen LogP contribution < -0.4 is 5.32 Å². The minimum Gasteiger partial charge on any atom is -0.355 e. The molecule has 3 heteroatoms. The molecule has 2 unspecified atom stereocenters. The fourth-order valence-electron chi connectivity index (χ4n) is 2.05. The molecule has 0 saturated heterocycles. The van der Waals surface area contributed by atoms with Crippen LogP contribution in [0, 0.1) is 17.3 Å². The van der Waals surface area contributed by atoms with Gasteiger partial charge in [-0.3, -0.25) is 4.79 Å². The molecule has 1 aliphatic rings. The first-order valence-electron chi connectivity index (χ1n) is 5.81. The van der Waals surface area contributed by atoms with Gasteiger partial charge in [0.25, 0.3) is 0 Å². The third-order valence-corrected chi connectivity index (χ3v) is 4.18. The average Bonchev–Trinajstić information content (AvgIpc) is 2.60. The van der Waals surface area contributed by atoms with Gasteiger partial charge in [0.05, 0.1) is 5.41 Å². The number of hydrogen-bond acceptors (Lipinski definition) is 1. The first-order valence-corrected chi connectivity index (χ1v) is 6.35. The zero-order chi connectivity index (χ0) is 11.5. The van der Waals surface area contributed by atoms with Crippen molar-refractivity contribution in [2.75, 3.05) is 12.4 Å². The predicted molar refractivity (Wildman–Crippen MR) is 64.0 cm³/mol. The van der Waals surface area contributed by atoms with Crippen LogP contribution in [0.5, 0.6) is 0 Å². The summed E-state index contributed by atoms with van der Waals surface area (Å²) < 4.78 is 0. The van der Waals surface area contributed by atoms with E-state index in [1.165, 1.54) is 19.3 Å². The fourth-order valence-corrected chi connectivity index (χ4v) is 2.17. The molecule has 1 fully saturated rings. The molecule has 1 saturated carbocycles. The summed E-state index contributed by atoms with van der Waals surface area (Å²) in [4.78, 5) is 11.8. The summed E-state index contributed by atoms with van der Waals surface area (Å²) in [6, 6.07) is 0. The SMILES string of the molecule is CC1CCCC1CNC(=O)C(C)(C)CCl. The lowest BCUT2D eigenvalue weighted by Gasteiger charge is -2.23. The molecule has 88 valence electrons. The Kier molecular flexibility index (Phi) is 4.45. The van der Waals surface area contributed by atoms with Crippen molar-refractivity contribution in [3.63, 3.8) is 0 Å². The second kappa shape index (κ2) is 5.20. The van der Waals surface area contributed by atoms with Crippen molar-refractivity contribution in [2.24, 2.45) is 17.3 Å². The maximum Gasteiger partial charge on any atom is 0.226 e. The van der Waals surface area contributed by atoms with Gasteiger partial charge in [-0.25, -0.2) is 0 Å². The Balaban J connectivity index is 2.34. The summed E-state index contributed by atoms with van der Waals surface area (Å²) in [6.45, 7) is 6.86. The van der Waals surface area contributed by atoms with E-state index in [1.54, 1.807) is 0 Å². The molecule has 15 heavy (non-hydrogen) atoms. The molecule has 0 heterocycles. The van der Waals surface area contributed by atoms with E-state index in [0.29, 0.717) is 11.8 Å². The van der Waals surface area contributed by atoms with Crippen LogP contribution >= 0.6 is 11.6 Å². The molecule has 0 aliphatic heterocycles. The molecule has 1 N–H and O–H groups in total. The lowest BCUT2D eigenvalue weighted by Crippen LogP contribution is -2.40. The topological polar surface area (TPSA) is 29.1 Å². The van der Waals surface area contributed by atoms with Gasteiger partial charge < -0.3 is 5.32 Å². The largest absolute Gasteiger partial charge is 0.355 e. The maximum atomic E-state index is 11.8. The van der Waals surface area contributed by atoms with Gasteiger partial charge in [-0.15, -0.1) is 11.6 Å². The highest BCUT2D eigenvalue weighted by molar-refractivity contribution is 6.19. The molecule has 2 nitrogen and oxygen atoms in total. The van der Waals surface area contributed by atoms with Crippen LogP contribution in [0.25, 0.3) is 0 Å². The lowest BCUT2D eigenvalue weighted by molar-refractivity contribution is -0.128. The van der Waals surface area contributed by atoms with Crippen LogP contribution in [0.15, 0.2) is 0 Å². The van der Waals surface area contributed by atoms with Crippen LogP contribution in [0.1, 0.15) is 40.0 Å². The highest BCUT2D eigenvalue weighted by Crippen LogP contribution is 2.30. The molecule has 0 aromatic rings. The van der Waals surface area contributed by atoms with Crippen molar-refractivity contribution in [1.29, 1.82) is 0 Å². The third kappa shape index (κ3) is 3.37. The highest BCUT2D eigenvalue weighted by Gasteiger charge is 2.28. The average molecular weight is 232 g/mol. The predicted octanol–water partition coefficient (Wildman–Crippen LogP) is 2.80. The normalized spacial score (nSPS) is 26.7. The fraction of sp³-hybridized carbons (Fsp3) is 0.917. The molecule has 2 atom stereocenters. The zero-order valence-corrected chi connectivity index (χ0v) is 10.7. The van der Waals surface area contributed by atoms with Gasteiger partial charge in [-0.05, 0) is 32.1 Å². The highest BCUT2D eigenvalue weighted by atomic mass is 35.5. The van der Waals surface area contributed by atoms with Gasteiger partial charge >= 0.3 is 0 Å². The number of hydrogen-bond donors (Lipinski definition) is 1. The Labute approximate surface area is 97.8 Å². The number of rotatable bonds is 4. The van der Waals surface area contributed by atoms with Crippen molar-refractivity contribution in [1.82, 2.24) is 5.32 Å². The van der Waals surface area contributed by atoms with Gasteiger partial charge in [0.1, 0.15) is 0 Å². The maximum absolute atomic E-state index is 11.8. The summed E-state index contributed by atoms with van der Waals surface area (Å²) in [6.07, 6.45) is 3.86. The number of carbonyl (C=O) groups is 1. The van der Waals surface area contributed by atoms with E-state index in [-0.39, 0.29) is 5.91 Å². The summed E-state index contributed by atoms with van der Waals surface area (Å²) in [5.74, 6) is 1.88. The summed E-state index contributed by atoms with van der Waals surface area (Å²) in [5.41, 5.74) is -0.441. The number of nitrogens with one attached hydrogen (secondary N) is 1. The number of alkyl halides is 1. The number of halogens is 1. The Morgan fingerprint density at radius 1 is 1.47 bits per heavy atom. The van der Waals surface area contributed by atoms with Crippen molar-refractivity contribution in [3.05, 3.63) is 0 Å². The first kappa shape index (κ1) is 12.8. The molecular formula is C12H22ClNO. The summed E-state index contributed by atoms with van der Waals surface area (Å²) >= 11 is 5.75. The second-order valence-electron chi connectivity index (χ2n) is 5.40. The minimum atomic E-state index is -0.441. The first-order chi connectivity index (χ1) is 6.97. The van der Waals surface area contributed by atoms with Gasteiger partial charge in [0.2, 0.25) is 5.91 Å². The van der Waals surface area contributed by atoms with Crippen molar-refractivity contribution >= 4 is 17.5 Å². The summed E-state index contributed by atoms with van der Waals surface area (Å²) in [7, 11) is 0. The Bertz CT molecular complexity index is 228. The molecule has 1 amide bonds. The second-order valence-corrected chi connectivity index (χ2v) is 5.66. The van der Waals surface area contributed by atoms with E-state index in [2.05, 4.69) is 12.2 Å². The Morgan fingerprint density at radius 3 is 2.60 bits per heavy atom.